The monoisotopic (exact) mass is 639 g/mol. The summed E-state index contributed by atoms with van der Waals surface area (Å²) in [4.78, 5) is 29.9. The lowest BCUT2D eigenvalue weighted by Gasteiger charge is -2.34. The molecule has 0 bridgehead atoms. The maximum Gasteiger partial charge on any atom is 0.244 e. The molecular formula is C33H38ClN3O6S. The van der Waals surface area contributed by atoms with Crippen molar-refractivity contribution in [3.05, 3.63) is 88.9 Å². The van der Waals surface area contributed by atoms with Gasteiger partial charge < -0.3 is 19.7 Å². The molecule has 1 saturated carbocycles. The van der Waals surface area contributed by atoms with E-state index in [9.17, 15) is 18.0 Å². The number of nitrogens with zero attached hydrogens (tertiary/aromatic N) is 2. The summed E-state index contributed by atoms with van der Waals surface area (Å²) in [6.45, 7) is 1.82. The summed E-state index contributed by atoms with van der Waals surface area (Å²) in [6.07, 6.45) is 4.12. The molecule has 1 aliphatic carbocycles. The maximum atomic E-state index is 14.4. The van der Waals surface area contributed by atoms with Crippen LogP contribution in [0.15, 0.2) is 72.8 Å². The molecule has 11 heteroatoms. The van der Waals surface area contributed by atoms with Crippen molar-refractivity contribution in [2.24, 2.45) is 0 Å². The molecule has 1 heterocycles. The van der Waals surface area contributed by atoms with E-state index in [0.717, 1.165) is 41.1 Å². The van der Waals surface area contributed by atoms with Gasteiger partial charge in [-0.15, -0.1) is 0 Å². The van der Waals surface area contributed by atoms with Crippen LogP contribution < -0.4 is 19.1 Å². The molecule has 5 rings (SSSR count). The second-order valence-corrected chi connectivity index (χ2v) is 13.7. The third-order valence-electron chi connectivity index (χ3n) is 8.01. The van der Waals surface area contributed by atoms with Crippen molar-refractivity contribution in [2.75, 3.05) is 29.8 Å². The number of hydrogen-bond donors (Lipinski definition) is 1. The molecule has 234 valence electrons. The van der Waals surface area contributed by atoms with Crippen molar-refractivity contribution in [3.8, 4) is 11.5 Å². The normalized spacial score (nSPS) is 15.4. The van der Waals surface area contributed by atoms with Crippen molar-refractivity contribution in [1.82, 2.24) is 10.2 Å². The SMILES string of the molecule is CCS(=O)(=O)N(CC(=O)N(Cc1cccc(Cl)c1)[C@H](Cc1ccccc1)C(=O)NC1CCCC1)c1ccc2c(c1)OCCO2. The smallest absolute Gasteiger partial charge is 0.244 e. The van der Waals surface area contributed by atoms with Gasteiger partial charge in [0.1, 0.15) is 25.8 Å². The predicted octanol–water partition coefficient (Wildman–Crippen LogP) is 4.97. The van der Waals surface area contributed by atoms with E-state index in [1.807, 2.05) is 36.4 Å². The lowest BCUT2D eigenvalue weighted by atomic mass is 10.0. The molecule has 1 atom stereocenters. The lowest BCUT2D eigenvalue weighted by Crippen LogP contribution is -2.54. The summed E-state index contributed by atoms with van der Waals surface area (Å²) < 4.78 is 39.3. The number of anilines is 1. The number of nitrogens with one attached hydrogen (secondary N) is 1. The average Bonchev–Trinajstić information content (AvgIpc) is 3.54. The number of carbonyl (C=O) groups excluding carboxylic acids is 2. The van der Waals surface area contributed by atoms with E-state index >= 15 is 0 Å². The van der Waals surface area contributed by atoms with Gasteiger partial charge in [-0.25, -0.2) is 8.42 Å². The van der Waals surface area contributed by atoms with E-state index in [2.05, 4.69) is 5.32 Å². The Balaban J connectivity index is 1.52. The van der Waals surface area contributed by atoms with E-state index in [1.54, 1.807) is 36.4 Å². The minimum atomic E-state index is -3.90. The van der Waals surface area contributed by atoms with E-state index < -0.39 is 28.5 Å². The molecule has 1 fully saturated rings. The number of rotatable bonds is 12. The van der Waals surface area contributed by atoms with Crippen molar-refractivity contribution in [2.45, 2.75) is 57.7 Å². The number of carbonyl (C=O) groups is 2. The van der Waals surface area contributed by atoms with Gasteiger partial charge in [-0.3, -0.25) is 13.9 Å². The van der Waals surface area contributed by atoms with Crippen LogP contribution in [0.5, 0.6) is 11.5 Å². The number of benzene rings is 3. The Bertz CT molecular complexity index is 1560. The van der Waals surface area contributed by atoms with Crippen LogP contribution in [-0.2, 0) is 32.6 Å². The highest BCUT2D eigenvalue weighted by molar-refractivity contribution is 7.92. The van der Waals surface area contributed by atoms with Gasteiger partial charge in [0.15, 0.2) is 11.5 Å². The van der Waals surface area contributed by atoms with Gasteiger partial charge in [0.25, 0.3) is 0 Å². The van der Waals surface area contributed by atoms with Gasteiger partial charge in [0.2, 0.25) is 21.8 Å². The van der Waals surface area contributed by atoms with Crippen LogP contribution in [0.3, 0.4) is 0 Å². The summed E-state index contributed by atoms with van der Waals surface area (Å²) in [5.41, 5.74) is 1.89. The van der Waals surface area contributed by atoms with Crippen LogP contribution in [0.1, 0.15) is 43.7 Å². The van der Waals surface area contributed by atoms with Gasteiger partial charge in [0, 0.05) is 30.1 Å². The second kappa shape index (κ2) is 14.3. The second-order valence-electron chi connectivity index (χ2n) is 11.1. The van der Waals surface area contributed by atoms with Crippen LogP contribution in [0, 0.1) is 0 Å². The molecule has 1 N–H and O–H groups in total. The van der Waals surface area contributed by atoms with Crippen molar-refractivity contribution < 1.29 is 27.5 Å². The zero-order valence-corrected chi connectivity index (χ0v) is 26.4. The van der Waals surface area contributed by atoms with Crippen LogP contribution in [0.4, 0.5) is 5.69 Å². The number of halogens is 1. The fourth-order valence-corrected chi connectivity index (χ4v) is 6.93. The van der Waals surface area contributed by atoms with Gasteiger partial charge in [0.05, 0.1) is 11.4 Å². The Morgan fingerprint density at radius 3 is 2.34 bits per heavy atom. The molecule has 0 unspecified atom stereocenters. The topological polar surface area (TPSA) is 105 Å². The first kappa shape index (κ1) is 31.7. The number of sulfonamides is 1. The van der Waals surface area contributed by atoms with Crippen molar-refractivity contribution in [1.29, 1.82) is 0 Å². The van der Waals surface area contributed by atoms with E-state index in [0.29, 0.717) is 29.7 Å². The molecule has 3 aromatic rings. The highest BCUT2D eigenvalue weighted by Crippen LogP contribution is 2.35. The zero-order chi connectivity index (χ0) is 31.1. The zero-order valence-electron chi connectivity index (χ0n) is 24.8. The minimum absolute atomic E-state index is 0.0403. The molecule has 0 spiro atoms. The molecular weight excluding hydrogens is 602 g/mol. The average molecular weight is 640 g/mol. The molecule has 0 radical (unpaired) electrons. The van der Waals surface area contributed by atoms with Crippen LogP contribution in [0.25, 0.3) is 0 Å². The first-order valence-electron chi connectivity index (χ1n) is 15.0. The fourth-order valence-electron chi connectivity index (χ4n) is 5.66. The quantitative estimate of drug-likeness (QED) is 0.300. The van der Waals surface area contributed by atoms with Gasteiger partial charge in [-0.05, 0) is 55.2 Å². The minimum Gasteiger partial charge on any atom is -0.486 e. The Morgan fingerprint density at radius 1 is 0.932 bits per heavy atom. The molecule has 44 heavy (non-hydrogen) atoms. The van der Waals surface area contributed by atoms with Crippen molar-refractivity contribution in [3.63, 3.8) is 0 Å². The summed E-state index contributed by atoms with van der Waals surface area (Å²) in [5.74, 6) is -0.0845. The van der Waals surface area contributed by atoms with E-state index in [1.165, 1.54) is 11.8 Å². The molecule has 9 nitrogen and oxygen atoms in total. The van der Waals surface area contributed by atoms with Crippen LogP contribution in [0.2, 0.25) is 5.02 Å². The van der Waals surface area contributed by atoms with Crippen LogP contribution in [-0.4, -0.2) is 62.7 Å². The first-order chi connectivity index (χ1) is 21.2. The Kier molecular flexibility index (Phi) is 10.3. The number of amides is 2. The summed E-state index contributed by atoms with van der Waals surface area (Å²) in [7, 11) is -3.90. The summed E-state index contributed by atoms with van der Waals surface area (Å²) in [5, 5.41) is 3.67. The Labute approximate surface area is 264 Å². The van der Waals surface area contributed by atoms with Crippen molar-refractivity contribution >= 4 is 39.1 Å². The highest BCUT2D eigenvalue weighted by Gasteiger charge is 2.35. The molecule has 1 aliphatic heterocycles. The third-order valence-corrected chi connectivity index (χ3v) is 9.98. The summed E-state index contributed by atoms with van der Waals surface area (Å²) in [6, 6.07) is 20.6. The largest absolute Gasteiger partial charge is 0.486 e. The van der Waals surface area contributed by atoms with Gasteiger partial charge >= 0.3 is 0 Å². The van der Waals surface area contributed by atoms with Gasteiger partial charge in [-0.2, -0.15) is 0 Å². The van der Waals surface area contributed by atoms with Crippen LogP contribution >= 0.6 is 11.6 Å². The molecule has 0 aromatic heterocycles. The first-order valence-corrected chi connectivity index (χ1v) is 17.0. The molecule has 2 amide bonds. The lowest BCUT2D eigenvalue weighted by molar-refractivity contribution is -0.140. The highest BCUT2D eigenvalue weighted by atomic mass is 35.5. The number of ether oxygens (including phenoxy) is 2. The van der Waals surface area contributed by atoms with E-state index in [-0.39, 0.29) is 36.4 Å². The number of fused-ring (bicyclic) bond motifs is 1. The maximum absolute atomic E-state index is 14.4. The summed E-state index contributed by atoms with van der Waals surface area (Å²) >= 11 is 6.30. The molecule has 3 aromatic carbocycles. The Morgan fingerprint density at radius 2 is 1.64 bits per heavy atom. The fraction of sp³-hybridized carbons (Fsp3) is 0.394. The predicted molar refractivity (Wildman–Crippen MR) is 171 cm³/mol. The van der Waals surface area contributed by atoms with E-state index in [4.69, 9.17) is 21.1 Å². The molecule has 0 saturated heterocycles. The molecule has 2 aliphatic rings. The number of hydrogen-bond acceptors (Lipinski definition) is 6. The standard InChI is InChI=1S/C33H38ClN3O6S/c1-2-44(40,41)37(28-15-16-30-31(21-28)43-18-17-42-30)23-32(38)36(22-25-11-8-12-26(34)19-25)29(20-24-9-4-3-5-10-24)33(39)35-27-13-6-7-14-27/h3-5,8-12,15-16,19,21,27,29H,2,6-7,13-14,17-18,20,22-23H2,1H3,(H,35,39)/t29-/m1/s1. The van der Waals surface area contributed by atoms with Gasteiger partial charge in [-0.1, -0.05) is 66.9 Å². The Hall–Kier alpha value is -3.76. The third kappa shape index (κ3) is 7.84.